The molecule has 2 N–H and O–H groups in total. The summed E-state index contributed by atoms with van der Waals surface area (Å²) in [6, 6.07) is 7.26. The zero-order chi connectivity index (χ0) is 13.5. The van der Waals surface area contributed by atoms with Gasteiger partial charge in [0.25, 0.3) is 0 Å². The van der Waals surface area contributed by atoms with E-state index in [9.17, 15) is 4.79 Å². The molecule has 0 spiro atoms. The van der Waals surface area contributed by atoms with Gasteiger partial charge in [0.15, 0.2) is 0 Å². The maximum absolute atomic E-state index is 11.7. The molecule has 0 fully saturated rings. The van der Waals surface area contributed by atoms with Gasteiger partial charge in [-0.25, -0.2) is 0 Å². The molecule has 18 heavy (non-hydrogen) atoms. The van der Waals surface area contributed by atoms with Crippen molar-refractivity contribution in [1.29, 1.82) is 0 Å². The molecule has 100 valence electrons. The average Bonchev–Trinajstić information content (AvgIpc) is 2.39. The molecule has 0 aliphatic carbocycles. The van der Waals surface area contributed by atoms with Crippen molar-refractivity contribution in [3.05, 3.63) is 29.3 Å². The Morgan fingerprint density at radius 3 is 2.78 bits per heavy atom. The zero-order valence-electron chi connectivity index (χ0n) is 10.7. The molecule has 0 bridgehead atoms. The molecule has 5 heteroatoms. The second-order valence-corrected chi connectivity index (χ2v) is 4.58. The smallest absolute Gasteiger partial charge is 0.226 e. The van der Waals surface area contributed by atoms with Crippen molar-refractivity contribution < 1.29 is 9.53 Å². The predicted molar refractivity (Wildman–Crippen MR) is 72.8 cm³/mol. The average molecular weight is 271 g/mol. The molecule has 0 aromatic heterocycles. The highest BCUT2D eigenvalue weighted by molar-refractivity contribution is 6.32. The van der Waals surface area contributed by atoms with Gasteiger partial charge >= 0.3 is 0 Å². The number of carbonyl (C=O) groups excluding carboxylic acids is 1. The third-order valence-corrected chi connectivity index (χ3v) is 2.98. The maximum atomic E-state index is 11.7. The van der Waals surface area contributed by atoms with Crippen molar-refractivity contribution in [2.45, 2.75) is 6.92 Å². The summed E-state index contributed by atoms with van der Waals surface area (Å²) in [4.78, 5) is 13.4. The summed E-state index contributed by atoms with van der Waals surface area (Å²) in [6.07, 6.45) is 0. The van der Waals surface area contributed by atoms with Gasteiger partial charge in [-0.3, -0.25) is 4.79 Å². The fourth-order valence-corrected chi connectivity index (χ4v) is 1.63. The lowest BCUT2D eigenvalue weighted by Crippen LogP contribution is -2.37. The highest BCUT2D eigenvalue weighted by Gasteiger charge is 2.15. The number of hydrogen-bond donors (Lipinski definition) is 1. The number of amides is 1. The molecule has 1 atom stereocenters. The Morgan fingerprint density at radius 2 is 2.17 bits per heavy atom. The third-order valence-electron chi connectivity index (χ3n) is 2.67. The number of ether oxygens (including phenoxy) is 1. The summed E-state index contributed by atoms with van der Waals surface area (Å²) >= 11 is 5.95. The lowest BCUT2D eigenvalue weighted by atomic mass is 10.1. The van der Waals surface area contributed by atoms with E-state index in [4.69, 9.17) is 22.1 Å². The van der Waals surface area contributed by atoms with E-state index < -0.39 is 0 Å². The number of nitrogens with zero attached hydrogens (tertiary/aromatic N) is 1. The number of para-hydroxylation sites is 1. The first-order chi connectivity index (χ1) is 8.56. The highest BCUT2D eigenvalue weighted by Crippen LogP contribution is 2.22. The van der Waals surface area contributed by atoms with Crippen LogP contribution in [-0.4, -0.2) is 37.6 Å². The minimum Gasteiger partial charge on any atom is -0.490 e. The zero-order valence-corrected chi connectivity index (χ0v) is 11.5. The molecule has 0 saturated heterocycles. The number of rotatable bonds is 6. The number of carbonyl (C=O) groups is 1. The van der Waals surface area contributed by atoms with E-state index in [2.05, 4.69) is 0 Å². The molecular weight excluding hydrogens is 252 g/mol. The Hall–Kier alpha value is -1.26. The molecule has 1 rings (SSSR count). The number of nitrogens with two attached hydrogens (primary N) is 1. The lowest BCUT2D eigenvalue weighted by molar-refractivity contribution is -0.133. The van der Waals surface area contributed by atoms with Crippen molar-refractivity contribution in [2.24, 2.45) is 11.7 Å². The van der Waals surface area contributed by atoms with Gasteiger partial charge in [-0.1, -0.05) is 30.7 Å². The minimum atomic E-state index is -0.157. The van der Waals surface area contributed by atoms with Crippen LogP contribution in [0.15, 0.2) is 24.3 Å². The van der Waals surface area contributed by atoms with E-state index in [0.717, 1.165) is 0 Å². The van der Waals surface area contributed by atoms with E-state index in [0.29, 0.717) is 30.5 Å². The fourth-order valence-electron chi connectivity index (χ4n) is 1.44. The molecule has 1 aromatic carbocycles. The summed E-state index contributed by atoms with van der Waals surface area (Å²) in [5.74, 6) is 0.502. The van der Waals surface area contributed by atoms with Gasteiger partial charge in [-0.15, -0.1) is 0 Å². The van der Waals surface area contributed by atoms with E-state index in [1.54, 1.807) is 24.1 Å². The van der Waals surface area contributed by atoms with Crippen LogP contribution >= 0.6 is 11.6 Å². The Morgan fingerprint density at radius 1 is 1.50 bits per heavy atom. The first-order valence-corrected chi connectivity index (χ1v) is 6.26. The number of hydrogen-bond acceptors (Lipinski definition) is 3. The second-order valence-electron chi connectivity index (χ2n) is 4.18. The molecule has 1 aromatic rings. The van der Waals surface area contributed by atoms with Gasteiger partial charge in [0, 0.05) is 19.5 Å². The van der Waals surface area contributed by atoms with Crippen LogP contribution in [0, 0.1) is 5.92 Å². The number of benzene rings is 1. The normalized spacial score (nSPS) is 12.0. The van der Waals surface area contributed by atoms with E-state index in [1.807, 2.05) is 19.1 Å². The first-order valence-electron chi connectivity index (χ1n) is 5.88. The third kappa shape index (κ3) is 4.20. The largest absolute Gasteiger partial charge is 0.490 e. The molecule has 0 heterocycles. The Kier molecular flexibility index (Phi) is 5.95. The fraction of sp³-hybridized carbons (Fsp3) is 0.462. The van der Waals surface area contributed by atoms with Crippen LogP contribution in [-0.2, 0) is 4.79 Å². The summed E-state index contributed by atoms with van der Waals surface area (Å²) in [5.41, 5.74) is 5.45. The SMILES string of the molecule is CC(CN)C(=O)N(C)CCOc1ccccc1Cl. The van der Waals surface area contributed by atoms with Crippen LogP contribution < -0.4 is 10.5 Å². The van der Waals surface area contributed by atoms with Gasteiger partial charge in [-0.05, 0) is 12.1 Å². The van der Waals surface area contributed by atoms with E-state index in [-0.39, 0.29) is 11.8 Å². The molecule has 0 radical (unpaired) electrons. The second kappa shape index (κ2) is 7.24. The van der Waals surface area contributed by atoms with Crippen molar-refractivity contribution in [2.75, 3.05) is 26.7 Å². The van der Waals surface area contributed by atoms with Crippen molar-refractivity contribution >= 4 is 17.5 Å². The maximum Gasteiger partial charge on any atom is 0.226 e. The van der Waals surface area contributed by atoms with Gasteiger partial charge in [0.2, 0.25) is 5.91 Å². The quantitative estimate of drug-likeness (QED) is 0.857. The van der Waals surface area contributed by atoms with Crippen molar-refractivity contribution in [3.8, 4) is 5.75 Å². The van der Waals surface area contributed by atoms with Gasteiger partial charge in [-0.2, -0.15) is 0 Å². The molecule has 0 aliphatic heterocycles. The van der Waals surface area contributed by atoms with Crippen LogP contribution in [0.25, 0.3) is 0 Å². The summed E-state index contributed by atoms with van der Waals surface area (Å²) in [5, 5.41) is 0.571. The Labute approximate surface area is 113 Å². The summed E-state index contributed by atoms with van der Waals surface area (Å²) in [7, 11) is 1.74. The highest BCUT2D eigenvalue weighted by atomic mass is 35.5. The van der Waals surface area contributed by atoms with Crippen molar-refractivity contribution in [1.82, 2.24) is 4.90 Å². The predicted octanol–water partition coefficient (Wildman–Crippen LogP) is 1.77. The van der Waals surface area contributed by atoms with Crippen LogP contribution in [0.4, 0.5) is 0 Å². The monoisotopic (exact) mass is 270 g/mol. The van der Waals surface area contributed by atoms with Crippen LogP contribution in [0.2, 0.25) is 5.02 Å². The number of likely N-dealkylation sites (N-methyl/N-ethyl adjacent to an activating group) is 1. The van der Waals surface area contributed by atoms with Crippen LogP contribution in [0.1, 0.15) is 6.92 Å². The Bertz CT molecular complexity index is 398. The molecule has 0 aliphatic rings. The van der Waals surface area contributed by atoms with Gasteiger partial charge in [0.05, 0.1) is 11.6 Å². The van der Waals surface area contributed by atoms with Crippen LogP contribution in [0.5, 0.6) is 5.75 Å². The van der Waals surface area contributed by atoms with E-state index in [1.165, 1.54) is 0 Å². The Balaban J connectivity index is 2.38. The molecule has 1 unspecified atom stereocenters. The molecule has 1 amide bonds. The molecule has 4 nitrogen and oxygen atoms in total. The molecule has 0 saturated carbocycles. The molecular formula is C13H19ClN2O2. The van der Waals surface area contributed by atoms with E-state index >= 15 is 0 Å². The lowest BCUT2D eigenvalue weighted by Gasteiger charge is -2.20. The standard InChI is InChI=1S/C13H19ClN2O2/c1-10(9-15)13(17)16(2)7-8-18-12-6-4-3-5-11(12)14/h3-6,10H,7-9,15H2,1-2H3. The minimum absolute atomic E-state index is 0.0280. The first kappa shape index (κ1) is 14.8. The number of halogens is 1. The topological polar surface area (TPSA) is 55.6 Å². The van der Waals surface area contributed by atoms with Crippen molar-refractivity contribution in [3.63, 3.8) is 0 Å². The van der Waals surface area contributed by atoms with Gasteiger partial charge in [0.1, 0.15) is 12.4 Å². The summed E-state index contributed by atoms with van der Waals surface area (Å²) < 4.78 is 5.51. The van der Waals surface area contributed by atoms with Crippen LogP contribution in [0.3, 0.4) is 0 Å². The summed E-state index contributed by atoms with van der Waals surface area (Å²) in [6.45, 7) is 3.08. The van der Waals surface area contributed by atoms with Gasteiger partial charge < -0.3 is 15.4 Å².